The molecule has 0 atom stereocenters. The third-order valence-electron chi connectivity index (χ3n) is 2.90. The van der Waals surface area contributed by atoms with Crippen LogP contribution < -0.4 is 10.1 Å². The minimum absolute atomic E-state index is 0.408. The Morgan fingerprint density at radius 1 is 1.45 bits per heavy atom. The van der Waals surface area contributed by atoms with Crippen molar-refractivity contribution < 1.29 is 4.74 Å². The molecule has 0 bridgehead atoms. The smallest absolute Gasteiger partial charge is 0.243 e. The Hall–Kier alpha value is -1.86. The van der Waals surface area contributed by atoms with Crippen molar-refractivity contribution in [3.8, 4) is 11.6 Å². The van der Waals surface area contributed by atoms with Gasteiger partial charge < -0.3 is 10.1 Å². The van der Waals surface area contributed by atoms with Gasteiger partial charge in [-0.2, -0.15) is 10.1 Å². The Morgan fingerprint density at radius 2 is 2.30 bits per heavy atom. The van der Waals surface area contributed by atoms with Crippen LogP contribution in [0.1, 0.15) is 19.5 Å². The molecule has 106 valence electrons. The topological polar surface area (TPSA) is 56.4 Å². The maximum atomic E-state index is 5.86. The standard InChI is InChI=1S/C13H17N5OS/c1-9(2)14-7-11-12(16-13-18(11)4-5-20-13)19-10-6-15-17(3)8-10/h4-6,8-9,14H,7H2,1-3H3. The summed E-state index contributed by atoms with van der Waals surface area (Å²) in [6.07, 6.45) is 5.53. The molecule has 3 heterocycles. The molecule has 0 aliphatic carbocycles. The number of imidazole rings is 1. The molecule has 20 heavy (non-hydrogen) atoms. The minimum Gasteiger partial charge on any atom is -0.434 e. The first-order valence-electron chi connectivity index (χ1n) is 6.48. The summed E-state index contributed by atoms with van der Waals surface area (Å²) in [5.74, 6) is 1.34. The average molecular weight is 291 g/mol. The zero-order chi connectivity index (χ0) is 14.1. The van der Waals surface area contributed by atoms with Crippen LogP contribution in [-0.4, -0.2) is 25.2 Å². The first-order chi connectivity index (χ1) is 9.63. The second-order valence-corrected chi connectivity index (χ2v) is 5.78. The lowest BCUT2D eigenvalue weighted by Gasteiger charge is -2.09. The molecular weight excluding hydrogens is 274 g/mol. The molecule has 3 aromatic rings. The molecule has 0 saturated heterocycles. The molecule has 3 aromatic heterocycles. The maximum absolute atomic E-state index is 5.86. The van der Waals surface area contributed by atoms with E-state index in [-0.39, 0.29) is 0 Å². The molecule has 7 heteroatoms. The Labute approximate surface area is 121 Å². The molecule has 0 saturated carbocycles. The largest absolute Gasteiger partial charge is 0.434 e. The fourth-order valence-corrected chi connectivity index (χ4v) is 2.64. The number of hydrogen-bond acceptors (Lipinski definition) is 5. The first-order valence-corrected chi connectivity index (χ1v) is 7.36. The highest BCUT2D eigenvalue weighted by Gasteiger charge is 2.16. The van der Waals surface area contributed by atoms with Crippen LogP contribution >= 0.6 is 11.3 Å². The molecule has 0 aliphatic heterocycles. The summed E-state index contributed by atoms with van der Waals surface area (Å²) < 4.78 is 9.63. The van der Waals surface area contributed by atoms with Gasteiger partial charge in [0.05, 0.1) is 12.4 Å². The highest BCUT2D eigenvalue weighted by Crippen LogP contribution is 2.27. The third kappa shape index (κ3) is 2.54. The Balaban J connectivity index is 1.92. The number of aryl methyl sites for hydroxylation is 1. The van der Waals surface area contributed by atoms with Crippen molar-refractivity contribution in [2.45, 2.75) is 26.4 Å². The predicted octanol–water partition coefficient (Wildman–Crippen LogP) is 2.42. The van der Waals surface area contributed by atoms with Crippen LogP contribution in [0.15, 0.2) is 24.0 Å². The van der Waals surface area contributed by atoms with E-state index in [1.165, 1.54) is 0 Å². The van der Waals surface area contributed by atoms with Crippen molar-refractivity contribution in [3.05, 3.63) is 29.7 Å². The minimum atomic E-state index is 0.408. The number of aromatic nitrogens is 4. The Kier molecular flexibility index (Phi) is 3.45. The van der Waals surface area contributed by atoms with Gasteiger partial charge in [-0.1, -0.05) is 13.8 Å². The summed E-state index contributed by atoms with van der Waals surface area (Å²) in [7, 11) is 1.86. The number of thiazole rings is 1. The van der Waals surface area contributed by atoms with Gasteiger partial charge in [0.2, 0.25) is 5.88 Å². The summed E-state index contributed by atoms with van der Waals surface area (Å²) in [5, 5.41) is 9.53. The van der Waals surface area contributed by atoms with Crippen LogP contribution in [0.5, 0.6) is 11.6 Å². The van der Waals surface area contributed by atoms with E-state index >= 15 is 0 Å². The van der Waals surface area contributed by atoms with Gasteiger partial charge in [-0.25, -0.2) is 0 Å². The fraction of sp³-hybridized carbons (Fsp3) is 0.385. The predicted molar refractivity (Wildman–Crippen MR) is 78.3 cm³/mol. The van der Waals surface area contributed by atoms with Crippen molar-refractivity contribution in [2.75, 3.05) is 0 Å². The second kappa shape index (κ2) is 5.26. The monoisotopic (exact) mass is 291 g/mol. The molecule has 0 aliphatic rings. The molecular formula is C13H17N5OS. The number of nitrogens with one attached hydrogen (secondary N) is 1. The number of hydrogen-bond donors (Lipinski definition) is 1. The van der Waals surface area contributed by atoms with Crippen molar-refractivity contribution in [1.29, 1.82) is 0 Å². The van der Waals surface area contributed by atoms with Gasteiger partial charge in [0.15, 0.2) is 10.7 Å². The van der Waals surface area contributed by atoms with E-state index in [1.54, 1.807) is 22.2 Å². The van der Waals surface area contributed by atoms with E-state index in [9.17, 15) is 0 Å². The summed E-state index contributed by atoms with van der Waals surface area (Å²) >= 11 is 1.60. The lowest BCUT2D eigenvalue weighted by atomic mass is 10.3. The molecule has 0 fully saturated rings. The Morgan fingerprint density at radius 3 is 3.00 bits per heavy atom. The Bertz CT molecular complexity index is 711. The van der Waals surface area contributed by atoms with Crippen LogP contribution in [0.25, 0.3) is 4.96 Å². The van der Waals surface area contributed by atoms with Crippen LogP contribution in [0, 0.1) is 0 Å². The summed E-state index contributed by atoms with van der Waals surface area (Å²) in [5.41, 5.74) is 1.03. The number of ether oxygens (including phenoxy) is 1. The van der Waals surface area contributed by atoms with Gasteiger partial charge in [-0.3, -0.25) is 9.08 Å². The lowest BCUT2D eigenvalue weighted by molar-refractivity contribution is 0.452. The van der Waals surface area contributed by atoms with Crippen LogP contribution in [0.4, 0.5) is 0 Å². The van der Waals surface area contributed by atoms with E-state index in [4.69, 9.17) is 4.74 Å². The summed E-state index contributed by atoms with van der Waals surface area (Å²) in [6.45, 7) is 4.95. The first kappa shape index (κ1) is 13.1. The molecule has 0 amide bonds. The summed E-state index contributed by atoms with van der Waals surface area (Å²) in [4.78, 5) is 5.47. The highest BCUT2D eigenvalue weighted by atomic mass is 32.1. The molecule has 0 spiro atoms. The quantitative estimate of drug-likeness (QED) is 0.784. The number of rotatable bonds is 5. The number of fused-ring (bicyclic) bond motifs is 1. The van der Waals surface area contributed by atoms with E-state index in [0.717, 1.165) is 10.7 Å². The molecule has 0 unspecified atom stereocenters. The van der Waals surface area contributed by atoms with Gasteiger partial charge in [0.25, 0.3) is 0 Å². The van der Waals surface area contributed by atoms with E-state index in [2.05, 4.69) is 33.6 Å². The molecule has 3 rings (SSSR count). The van der Waals surface area contributed by atoms with Crippen molar-refractivity contribution >= 4 is 16.3 Å². The van der Waals surface area contributed by atoms with Crippen LogP contribution in [-0.2, 0) is 13.6 Å². The van der Waals surface area contributed by atoms with Gasteiger partial charge in [0.1, 0.15) is 5.69 Å². The summed E-state index contributed by atoms with van der Waals surface area (Å²) in [6, 6.07) is 0.408. The van der Waals surface area contributed by atoms with E-state index in [0.29, 0.717) is 24.2 Å². The lowest BCUT2D eigenvalue weighted by Crippen LogP contribution is -2.22. The van der Waals surface area contributed by atoms with E-state index in [1.807, 2.05) is 24.8 Å². The van der Waals surface area contributed by atoms with E-state index < -0.39 is 0 Å². The van der Waals surface area contributed by atoms with Crippen LogP contribution in [0.2, 0.25) is 0 Å². The van der Waals surface area contributed by atoms with Crippen molar-refractivity contribution in [1.82, 2.24) is 24.5 Å². The maximum Gasteiger partial charge on any atom is 0.243 e. The van der Waals surface area contributed by atoms with Crippen molar-refractivity contribution in [2.24, 2.45) is 7.05 Å². The second-order valence-electron chi connectivity index (χ2n) is 4.91. The number of nitrogens with zero attached hydrogens (tertiary/aromatic N) is 4. The van der Waals surface area contributed by atoms with Gasteiger partial charge in [-0.05, 0) is 0 Å². The molecule has 6 nitrogen and oxygen atoms in total. The highest BCUT2D eigenvalue weighted by molar-refractivity contribution is 7.15. The zero-order valence-corrected chi connectivity index (χ0v) is 12.5. The third-order valence-corrected chi connectivity index (χ3v) is 3.65. The molecule has 0 aromatic carbocycles. The van der Waals surface area contributed by atoms with Crippen molar-refractivity contribution in [3.63, 3.8) is 0 Å². The molecule has 0 radical (unpaired) electrons. The average Bonchev–Trinajstić information content (AvgIpc) is 3.04. The SMILES string of the molecule is CC(C)NCc1c(Oc2cnn(C)c2)nc2sccn12. The van der Waals surface area contributed by atoms with Gasteiger partial charge >= 0.3 is 0 Å². The van der Waals surface area contributed by atoms with Gasteiger partial charge in [0, 0.05) is 31.2 Å². The molecule has 1 N–H and O–H groups in total. The fourth-order valence-electron chi connectivity index (χ4n) is 1.92. The van der Waals surface area contributed by atoms with Crippen LogP contribution in [0.3, 0.4) is 0 Å². The normalized spacial score (nSPS) is 11.6. The zero-order valence-electron chi connectivity index (χ0n) is 11.7. The van der Waals surface area contributed by atoms with Gasteiger partial charge in [-0.15, -0.1) is 11.3 Å².